The summed E-state index contributed by atoms with van der Waals surface area (Å²) in [4.78, 5) is 0. The molecule has 54 valence electrons. The first-order valence-electron chi connectivity index (χ1n) is 4.03. The van der Waals surface area contributed by atoms with Crippen LogP contribution in [0.15, 0.2) is 0 Å². The Hall–Kier alpha value is -0.0400. The van der Waals surface area contributed by atoms with Gasteiger partial charge in [-0.15, -0.1) is 0 Å². The number of rotatable bonds is 1. The summed E-state index contributed by atoms with van der Waals surface area (Å²) in [5, 5.41) is 0. The third kappa shape index (κ3) is 1.98. The number of hydrogen-bond donors (Lipinski definition) is 1. The van der Waals surface area contributed by atoms with E-state index in [2.05, 4.69) is 6.92 Å². The molecule has 2 N–H and O–H groups in total. The van der Waals surface area contributed by atoms with Crippen LogP contribution in [0.1, 0.15) is 32.6 Å². The average Bonchev–Trinajstić information content (AvgIpc) is 1.90. The number of nitrogens with two attached hydrogens (primary N) is 1. The Balaban J connectivity index is 2.18. The van der Waals surface area contributed by atoms with E-state index < -0.39 is 0 Å². The van der Waals surface area contributed by atoms with Gasteiger partial charge in [0.05, 0.1) is 0 Å². The van der Waals surface area contributed by atoms with Crippen LogP contribution in [0.5, 0.6) is 0 Å². The van der Waals surface area contributed by atoms with Crippen molar-refractivity contribution in [3.63, 3.8) is 0 Å². The molecule has 1 rings (SSSR count). The van der Waals surface area contributed by atoms with Crippen LogP contribution >= 0.6 is 0 Å². The summed E-state index contributed by atoms with van der Waals surface area (Å²) in [5.41, 5.74) is 5.55. The smallest absolute Gasteiger partial charge is 0.00489 e. The second-order valence-corrected chi connectivity index (χ2v) is 3.36. The van der Waals surface area contributed by atoms with Gasteiger partial charge in [-0.3, -0.25) is 0 Å². The summed E-state index contributed by atoms with van der Waals surface area (Å²) in [6, 6.07) is 0. The highest BCUT2D eigenvalue weighted by molar-refractivity contribution is 4.69. The van der Waals surface area contributed by atoms with Crippen molar-refractivity contribution in [1.29, 1.82) is 0 Å². The lowest BCUT2D eigenvalue weighted by molar-refractivity contribution is 0.296. The van der Waals surface area contributed by atoms with Gasteiger partial charge in [-0.2, -0.15) is 0 Å². The molecule has 0 spiro atoms. The molecular formula is C8H17N. The van der Waals surface area contributed by atoms with E-state index in [4.69, 9.17) is 5.73 Å². The summed E-state index contributed by atoms with van der Waals surface area (Å²) in [5.74, 6) is 1.81. The van der Waals surface area contributed by atoms with Crippen molar-refractivity contribution in [3.8, 4) is 0 Å². The SMILES string of the molecule is C[C@H]1CC[C@@H](CN)CC1. The minimum absolute atomic E-state index is 0.848. The standard InChI is InChI=1S/C8H17N/c1-7-2-4-8(6-9)5-3-7/h7-8H,2-6,9H2,1H3/t7-,8+. The van der Waals surface area contributed by atoms with Gasteiger partial charge in [0.2, 0.25) is 0 Å². The zero-order valence-electron chi connectivity index (χ0n) is 6.27. The summed E-state index contributed by atoms with van der Waals surface area (Å²) < 4.78 is 0. The molecule has 0 amide bonds. The molecular weight excluding hydrogens is 110 g/mol. The Kier molecular flexibility index (Phi) is 2.52. The Morgan fingerprint density at radius 2 is 1.78 bits per heavy atom. The molecule has 0 heterocycles. The maximum absolute atomic E-state index is 5.55. The van der Waals surface area contributed by atoms with E-state index in [-0.39, 0.29) is 0 Å². The molecule has 0 saturated heterocycles. The van der Waals surface area contributed by atoms with Gasteiger partial charge in [-0.25, -0.2) is 0 Å². The molecule has 0 radical (unpaired) electrons. The molecule has 0 aromatic heterocycles. The van der Waals surface area contributed by atoms with Crippen LogP contribution in [-0.4, -0.2) is 6.54 Å². The molecule has 1 nitrogen and oxygen atoms in total. The van der Waals surface area contributed by atoms with Crippen LogP contribution in [-0.2, 0) is 0 Å². The van der Waals surface area contributed by atoms with Crippen molar-refractivity contribution < 1.29 is 0 Å². The summed E-state index contributed by atoms with van der Waals surface area (Å²) in [6.45, 7) is 3.25. The highest BCUT2D eigenvalue weighted by Crippen LogP contribution is 2.26. The van der Waals surface area contributed by atoms with E-state index in [1.807, 2.05) is 0 Å². The van der Waals surface area contributed by atoms with E-state index in [1.54, 1.807) is 0 Å². The zero-order chi connectivity index (χ0) is 6.69. The first-order valence-corrected chi connectivity index (χ1v) is 4.03. The van der Waals surface area contributed by atoms with Gasteiger partial charge in [-0.05, 0) is 31.2 Å². The molecule has 1 fully saturated rings. The lowest BCUT2D eigenvalue weighted by Gasteiger charge is -2.24. The monoisotopic (exact) mass is 127 g/mol. The largest absolute Gasteiger partial charge is 0.330 e. The van der Waals surface area contributed by atoms with Crippen molar-refractivity contribution in [3.05, 3.63) is 0 Å². The molecule has 1 heteroatoms. The predicted molar refractivity (Wildman–Crippen MR) is 40.2 cm³/mol. The fraction of sp³-hybridized carbons (Fsp3) is 1.00. The van der Waals surface area contributed by atoms with Crippen molar-refractivity contribution >= 4 is 0 Å². The van der Waals surface area contributed by atoms with Gasteiger partial charge >= 0.3 is 0 Å². The first kappa shape index (κ1) is 7.07. The quantitative estimate of drug-likeness (QED) is 0.570. The topological polar surface area (TPSA) is 26.0 Å². The van der Waals surface area contributed by atoms with E-state index in [1.165, 1.54) is 25.7 Å². The fourth-order valence-electron chi connectivity index (χ4n) is 1.56. The summed E-state index contributed by atoms with van der Waals surface area (Å²) >= 11 is 0. The van der Waals surface area contributed by atoms with E-state index >= 15 is 0 Å². The Morgan fingerprint density at radius 1 is 1.22 bits per heavy atom. The van der Waals surface area contributed by atoms with Crippen molar-refractivity contribution in [2.45, 2.75) is 32.6 Å². The molecule has 0 unspecified atom stereocenters. The minimum atomic E-state index is 0.848. The lowest BCUT2D eigenvalue weighted by Crippen LogP contribution is -2.20. The van der Waals surface area contributed by atoms with Crippen molar-refractivity contribution in [1.82, 2.24) is 0 Å². The molecule has 0 bridgehead atoms. The Labute approximate surface area is 57.6 Å². The Morgan fingerprint density at radius 3 is 2.22 bits per heavy atom. The van der Waals surface area contributed by atoms with Crippen LogP contribution in [0, 0.1) is 11.8 Å². The van der Waals surface area contributed by atoms with Crippen LogP contribution in [0.3, 0.4) is 0 Å². The van der Waals surface area contributed by atoms with E-state index in [9.17, 15) is 0 Å². The van der Waals surface area contributed by atoms with Crippen LogP contribution in [0.4, 0.5) is 0 Å². The lowest BCUT2D eigenvalue weighted by atomic mass is 9.83. The van der Waals surface area contributed by atoms with E-state index in [0.29, 0.717) is 0 Å². The molecule has 9 heavy (non-hydrogen) atoms. The zero-order valence-corrected chi connectivity index (χ0v) is 6.27. The molecule has 0 aromatic rings. The molecule has 1 aliphatic carbocycles. The van der Waals surface area contributed by atoms with Crippen LogP contribution in [0.2, 0.25) is 0 Å². The number of hydrogen-bond acceptors (Lipinski definition) is 1. The third-order valence-corrected chi connectivity index (χ3v) is 2.47. The highest BCUT2D eigenvalue weighted by atomic mass is 14.5. The van der Waals surface area contributed by atoms with Crippen LogP contribution < -0.4 is 5.73 Å². The average molecular weight is 127 g/mol. The van der Waals surface area contributed by atoms with Gasteiger partial charge in [0.25, 0.3) is 0 Å². The van der Waals surface area contributed by atoms with Gasteiger partial charge in [0, 0.05) is 0 Å². The van der Waals surface area contributed by atoms with Gasteiger partial charge < -0.3 is 5.73 Å². The molecule has 1 saturated carbocycles. The summed E-state index contributed by atoms with van der Waals surface area (Å²) in [6.07, 6.45) is 5.55. The fourth-order valence-corrected chi connectivity index (χ4v) is 1.56. The second-order valence-electron chi connectivity index (χ2n) is 3.36. The molecule has 1 aliphatic rings. The minimum Gasteiger partial charge on any atom is -0.330 e. The molecule has 0 aliphatic heterocycles. The maximum atomic E-state index is 5.55. The van der Waals surface area contributed by atoms with Gasteiger partial charge in [0.15, 0.2) is 0 Å². The van der Waals surface area contributed by atoms with Crippen LogP contribution in [0.25, 0.3) is 0 Å². The van der Waals surface area contributed by atoms with Gasteiger partial charge in [-0.1, -0.05) is 19.8 Å². The molecule has 0 atom stereocenters. The predicted octanol–water partition coefficient (Wildman–Crippen LogP) is 1.77. The van der Waals surface area contributed by atoms with E-state index in [0.717, 1.165) is 18.4 Å². The second kappa shape index (κ2) is 3.21. The maximum Gasteiger partial charge on any atom is -0.00489 e. The Bertz CT molecular complexity index is 72.6. The highest BCUT2D eigenvalue weighted by Gasteiger charge is 2.15. The summed E-state index contributed by atoms with van der Waals surface area (Å²) in [7, 11) is 0. The first-order chi connectivity index (χ1) is 4.33. The van der Waals surface area contributed by atoms with Crippen molar-refractivity contribution in [2.24, 2.45) is 17.6 Å². The molecule has 0 aromatic carbocycles. The van der Waals surface area contributed by atoms with Gasteiger partial charge in [0.1, 0.15) is 0 Å². The normalized spacial score (nSPS) is 36.7. The third-order valence-electron chi connectivity index (χ3n) is 2.47. The van der Waals surface area contributed by atoms with Crippen molar-refractivity contribution in [2.75, 3.05) is 6.54 Å².